The van der Waals surface area contributed by atoms with Crippen molar-refractivity contribution in [3.8, 4) is 17.2 Å². The third-order valence-corrected chi connectivity index (χ3v) is 4.23. The molecule has 4 heterocycles. The Morgan fingerprint density at radius 2 is 2.04 bits per heavy atom. The van der Waals surface area contributed by atoms with Crippen LogP contribution in [0.4, 0.5) is 11.6 Å². The lowest BCUT2D eigenvalue weighted by molar-refractivity contribution is 0.474. The molecule has 5 rings (SSSR count). The van der Waals surface area contributed by atoms with Crippen LogP contribution in [0.25, 0.3) is 11.5 Å². The van der Waals surface area contributed by atoms with Crippen LogP contribution in [0.15, 0.2) is 51.9 Å². The summed E-state index contributed by atoms with van der Waals surface area (Å²) in [6.45, 7) is 0. The van der Waals surface area contributed by atoms with Gasteiger partial charge in [0, 0.05) is 5.56 Å². The zero-order chi connectivity index (χ0) is 17.7. The number of fused-ring (bicyclic) bond motifs is 2. The predicted octanol–water partition coefficient (Wildman–Crippen LogP) is 1.42. The van der Waals surface area contributed by atoms with Gasteiger partial charge < -0.3 is 14.8 Å². The molecule has 0 unspecified atom stereocenters. The van der Waals surface area contributed by atoms with Gasteiger partial charge in [-0.2, -0.15) is 9.78 Å². The highest BCUT2D eigenvalue weighted by molar-refractivity contribution is 5.73. The van der Waals surface area contributed by atoms with Crippen molar-refractivity contribution in [2.45, 2.75) is 6.04 Å². The highest BCUT2D eigenvalue weighted by atomic mass is 16.3. The molecule has 128 valence electrons. The van der Waals surface area contributed by atoms with E-state index in [-0.39, 0.29) is 5.75 Å². The Morgan fingerprint density at radius 1 is 1.19 bits per heavy atom. The van der Waals surface area contributed by atoms with Gasteiger partial charge in [-0.05, 0) is 40.3 Å². The van der Waals surface area contributed by atoms with Gasteiger partial charge in [-0.1, -0.05) is 17.2 Å². The largest absolute Gasteiger partial charge is 0.508 e. The van der Waals surface area contributed by atoms with Crippen molar-refractivity contribution < 1.29 is 9.52 Å². The van der Waals surface area contributed by atoms with E-state index in [1.165, 1.54) is 6.26 Å². The van der Waals surface area contributed by atoms with E-state index in [4.69, 9.17) is 4.42 Å². The molecule has 26 heavy (non-hydrogen) atoms. The van der Waals surface area contributed by atoms with E-state index in [2.05, 4.69) is 31.0 Å². The van der Waals surface area contributed by atoms with Crippen LogP contribution >= 0.6 is 0 Å². The Kier molecular flexibility index (Phi) is 2.92. The molecular formula is C16H11N7O3. The molecule has 0 fully saturated rings. The number of H-pyrrole nitrogens is 1. The molecule has 1 aromatic carbocycles. The van der Waals surface area contributed by atoms with Crippen molar-refractivity contribution in [3.63, 3.8) is 0 Å². The first-order chi connectivity index (χ1) is 12.7. The van der Waals surface area contributed by atoms with Crippen molar-refractivity contribution in [3.05, 3.63) is 64.1 Å². The molecule has 0 bridgehead atoms. The quantitative estimate of drug-likeness (QED) is 0.435. The van der Waals surface area contributed by atoms with Crippen molar-refractivity contribution in [2.75, 3.05) is 5.32 Å². The van der Waals surface area contributed by atoms with Crippen LogP contribution in [0.2, 0.25) is 0 Å². The monoisotopic (exact) mass is 349 g/mol. The first kappa shape index (κ1) is 14.4. The summed E-state index contributed by atoms with van der Waals surface area (Å²) < 4.78 is 7.04. The zero-order valence-corrected chi connectivity index (χ0v) is 13.1. The van der Waals surface area contributed by atoms with Crippen LogP contribution in [-0.4, -0.2) is 35.5 Å². The molecular weight excluding hydrogens is 338 g/mol. The summed E-state index contributed by atoms with van der Waals surface area (Å²) in [6.07, 6.45) is 1.53. The molecule has 1 aliphatic rings. The zero-order valence-electron chi connectivity index (χ0n) is 13.1. The van der Waals surface area contributed by atoms with Crippen LogP contribution in [0.5, 0.6) is 5.75 Å². The normalized spacial score (nSPS) is 15.2. The number of hydrogen-bond acceptors (Lipinski definition) is 8. The van der Waals surface area contributed by atoms with Gasteiger partial charge in [0.1, 0.15) is 23.2 Å². The van der Waals surface area contributed by atoms with Crippen molar-refractivity contribution in [2.24, 2.45) is 0 Å². The van der Waals surface area contributed by atoms with Gasteiger partial charge >= 0.3 is 0 Å². The molecule has 0 amide bonds. The molecule has 0 spiro atoms. The van der Waals surface area contributed by atoms with E-state index < -0.39 is 11.6 Å². The molecule has 10 nitrogen and oxygen atoms in total. The second-order valence-corrected chi connectivity index (χ2v) is 5.73. The van der Waals surface area contributed by atoms with Gasteiger partial charge in [0.15, 0.2) is 5.76 Å². The van der Waals surface area contributed by atoms with Gasteiger partial charge in [0.25, 0.3) is 5.56 Å². The summed E-state index contributed by atoms with van der Waals surface area (Å²) >= 11 is 0. The van der Waals surface area contributed by atoms with E-state index in [1.807, 2.05) is 0 Å². The van der Waals surface area contributed by atoms with E-state index in [9.17, 15) is 9.90 Å². The molecule has 3 aromatic heterocycles. The third-order valence-electron chi connectivity index (χ3n) is 4.23. The van der Waals surface area contributed by atoms with E-state index in [1.54, 1.807) is 41.1 Å². The van der Waals surface area contributed by atoms with Crippen LogP contribution in [0.1, 0.15) is 17.2 Å². The van der Waals surface area contributed by atoms with Gasteiger partial charge in [-0.3, -0.25) is 4.79 Å². The lowest BCUT2D eigenvalue weighted by Gasteiger charge is -2.27. The predicted molar refractivity (Wildman–Crippen MR) is 89.0 cm³/mol. The molecule has 1 aliphatic heterocycles. The number of aromatic hydroxyl groups is 1. The Morgan fingerprint density at radius 3 is 2.81 bits per heavy atom. The Labute approximate surface area is 145 Å². The molecule has 0 radical (unpaired) electrons. The van der Waals surface area contributed by atoms with Crippen LogP contribution in [0, 0.1) is 0 Å². The fourth-order valence-corrected chi connectivity index (χ4v) is 3.10. The Hall–Kier alpha value is -3.95. The number of furan rings is 1. The summed E-state index contributed by atoms with van der Waals surface area (Å²) in [5, 5.41) is 30.9. The highest BCUT2D eigenvalue weighted by Gasteiger charge is 2.34. The summed E-state index contributed by atoms with van der Waals surface area (Å²) in [4.78, 5) is 12.4. The first-order valence-corrected chi connectivity index (χ1v) is 7.72. The Bertz CT molecular complexity index is 1150. The summed E-state index contributed by atoms with van der Waals surface area (Å²) in [6, 6.07) is 9.59. The molecule has 1 atom stereocenters. The number of anilines is 2. The number of nitrogens with one attached hydrogen (secondary N) is 2. The van der Waals surface area contributed by atoms with Gasteiger partial charge in [-0.15, -0.1) is 0 Å². The maximum atomic E-state index is 12.4. The number of hydrogen-bond donors (Lipinski definition) is 3. The molecule has 0 aliphatic carbocycles. The number of tetrazole rings is 1. The highest BCUT2D eigenvalue weighted by Crippen LogP contribution is 2.41. The minimum absolute atomic E-state index is 0.134. The lowest BCUT2D eigenvalue weighted by atomic mass is 9.94. The molecule has 3 N–H and O–H groups in total. The smallest absolute Gasteiger partial charge is 0.288 e. The number of aromatic nitrogens is 6. The third kappa shape index (κ3) is 2.02. The molecule has 10 heteroatoms. The summed E-state index contributed by atoms with van der Waals surface area (Å²) in [7, 11) is 0. The van der Waals surface area contributed by atoms with Crippen molar-refractivity contribution in [1.29, 1.82) is 0 Å². The number of aromatic amines is 1. The second-order valence-electron chi connectivity index (χ2n) is 5.73. The maximum absolute atomic E-state index is 12.4. The first-order valence-electron chi connectivity index (χ1n) is 7.72. The average Bonchev–Trinajstić information content (AvgIpc) is 3.33. The van der Waals surface area contributed by atoms with E-state index in [0.717, 1.165) is 5.56 Å². The number of rotatable bonds is 2. The maximum Gasteiger partial charge on any atom is 0.288 e. The summed E-state index contributed by atoms with van der Waals surface area (Å²) in [5.41, 5.74) is 1.73. The van der Waals surface area contributed by atoms with Crippen LogP contribution in [-0.2, 0) is 0 Å². The minimum atomic E-state index is -0.522. The molecule has 0 saturated carbocycles. The number of phenolic OH excluding ortho intramolecular Hbond substituents is 1. The van der Waals surface area contributed by atoms with Gasteiger partial charge in [0.2, 0.25) is 5.95 Å². The minimum Gasteiger partial charge on any atom is -0.508 e. The fraction of sp³-hybridized carbons (Fsp3) is 0.0625. The molecule has 4 aromatic rings. The number of nitrogens with zero attached hydrogens (tertiary/aromatic N) is 5. The van der Waals surface area contributed by atoms with Crippen molar-refractivity contribution in [1.82, 2.24) is 30.4 Å². The SMILES string of the molecule is O=c1[nH]nc(-c2ccco2)c2c1Nc1nnnn1[C@H]2c1ccc(O)cc1. The van der Waals surface area contributed by atoms with E-state index >= 15 is 0 Å². The van der Waals surface area contributed by atoms with Crippen LogP contribution in [0.3, 0.4) is 0 Å². The average molecular weight is 349 g/mol. The summed E-state index contributed by atoms with van der Waals surface area (Å²) in [5.74, 6) is 0.965. The standard InChI is InChI=1S/C16H11N7O3/c24-9-5-3-8(4-6-9)14-11-12(10-2-1-7-26-10)18-19-15(25)13(11)17-16-20-21-22-23(14)16/h1-7,14,24H,(H,19,25)(H,17,20,22)/t14-/m0/s1. The van der Waals surface area contributed by atoms with Crippen molar-refractivity contribution >= 4 is 11.6 Å². The Balaban J connectivity index is 1.83. The second kappa shape index (κ2) is 5.28. The lowest BCUT2D eigenvalue weighted by Crippen LogP contribution is -2.29. The number of benzene rings is 1. The van der Waals surface area contributed by atoms with E-state index in [0.29, 0.717) is 28.7 Å². The van der Waals surface area contributed by atoms with Gasteiger partial charge in [0.05, 0.1) is 6.26 Å². The topological polar surface area (TPSA) is 135 Å². The number of phenols is 1. The van der Waals surface area contributed by atoms with Gasteiger partial charge in [-0.25, -0.2) is 5.10 Å². The molecule has 0 saturated heterocycles. The van der Waals surface area contributed by atoms with Crippen LogP contribution < -0.4 is 10.9 Å². The fourth-order valence-electron chi connectivity index (χ4n) is 3.10.